The second-order valence-corrected chi connectivity index (χ2v) is 7.34. The number of aliphatic carboxylic acids is 2. The van der Waals surface area contributed by atoms with E-state index in [2.05, 4.69) is 39.4 Å². The van der Waals surface area contributed by atoms with E-state index in [1.807, 2.05) is 0 Å². The molecule has 144 valence electrons. The summed E-state index contributed by atoms with van der Waals surface area (Å²) in [6.45, 7) is 4.77. The number of carbonyl (C=O) groups is 2. The van der Waals surface area contributed by atoms with Crippen LogP contribution in [0.1, 0.15) is 12.8 Å². The van der Waals surface area contributed by atoms with E-state index in [-0.39, 0.29) is 0 Å². The van der Waals surface area contributed by atoms with Crippen LogP contribution in [-0.4, -0.2) is 59.3 Å². The van der Waals surface area contributed by atoms with Crippen LogP contribution in [0.5, 0.6) is 0 Å². The Morgan fingerprint density at radius 1 is 1.04 bits per heavy atom. The van der Waals surface area contributed by atoms with Crippen molar-refractivity contribution in [1.82, 2.24) is 4.90 Å². The number of carboxylic acids is 2. The van der Waals surface area contributed by atoms with Crippen molar-refractivity contribution < 1.29 is 24.2 Å². The van der Waals surface area contributed by atoms with Crippen LogP contribution in [0.15, 0.2) is 46.2 Å². The minimum absolute atomic E-state index is 0.558. The van der Waals surface area contributed by atoms with Crippen molar-refractivity contribution in [3.8, 4) is 10.6 Å². The van der Waals surface area contributed by atoms with Gasteiger partial charge in [-0.3, -0.25) is 0 Å². The van der Waals surface area contributed by atoms with Crippen molar-refractivity contribution in [1.29, 1.82) is 0 Å². The number of hydrogen-bond acceptors (Lipinski definition) is 6. The summed E-state index contributed by atoms with van der Waals surface area (Å²) in [4.78, 5) is 25.4. The molecule has 0 atom stereocenters. The minimum Gasteiger partial charge on any atom is -0.478 e. The number of furan rings is 1. The van der Waals surface area contributed by atoms with Gasteiger partial charge in [0.15, 0.2) is 5.88 Å². The molecule has 0 saturated carbocycles. The smallest absolute Gasteiger partial charge is 0.328 e. The Kier molecular flexibility index (Phi) is 6.31. The number of rotatable bonds is 4. The van der Waals surface area contributed by atoms with E-state index in [0.717, 1.165) is 18.2 Å². The molecule has 2 aromatic heterocycles. The molecule has 0 unspecified atom stereocenters. The van der Waals surface area contributed by atoms with Crippen LogP contribution in [0.4, 0.5) is 5.88 Å². The fourth-order valence-electron chi connectivity index (χ4n) is 3.35. The molecule has 0 radical (unpaired) electrons. The average molecular weight is 390 g/mol. The van der Waals surface area contributed by atoms with Crippen molar-refractivity contribution in [2.24, 2.45) is 0 Å². The molecule has 8 heteroatoms. The molecule has 7 nitrogen and oxygen atoms in total. The zero-order valence-corrected chi connectivity index (χ0v) is 15.6. The first-order chi connectivity index (χ1) is 13.0. The Balaban J connectivity index is 0.000000226. The Morgan fingerprint density at radius 3 is 2.33 bits per heavy atom. The van der Waals surface area contributed by atoms with Gasteiger partial charge >= 0.3 is 11.9 Å². The van der Waals surface area contributed by atoms with Gasteiger partial charge in [0.2, 0.25) is 0 Å². The van der Waals surface area contributed by atoms with Crippen molar-refractivity contribution in [3.05, 3.63) is 41.8 Å². The molecular weight excluding hydrogens is 368 g/mol. The van der Waals surface area contributed by atoms with E-state index >= 15 is 0 Å². The number of hydrogen-bond donors (Lipinski definition) is 2. The highest BCUT2D eigenvalue weighted by Crippen LogP contribution is 2.33. The van der Waals surface area contributed by atoms with Gasteiger partial charge in [-0.2, -0.15) is 0 Å². The van der Waals surface area contributed by atoms with Gasteiger partial charge in [0.05, 0.1) is 4.88 Å². The average Bonchev–Trinajstić information content (AvgIpc) is 3.27. The quantitative estimate of drug-likeness (QED) is 0.775. The third-order valence-corrected chi connectivity index (χ3v) is 5.55. The molecule has 0 aliphatic carbocycles. The lowest BCUT2D eigenvalue weighted by atomic mass is 10.1. The molecule has 2 aromatic rings. The van der Waals surface area contributed by atoms with Gasteiger partial charge in [0.1, 0.15) is 5.76 Å². The van der Waals surface area contributed by atoms with Gasteiger partial charge in [-0.1, -0.05) is 6.07 Å². The summed E-state index contributed by atoms with van der Waals surface area (Å²) in [5.41, 5.74) is 0. The Morgan fingerprint density at radius 2 is 1.74 bits per heavy atom. The third-order valence-electron chi connectivity index (χ3n) is 4.66. The van der Waals surface area contributed by atoms with Crippen LogP contribution < -0.4 is 4.90 Å². The summed E-state index contributed by atoms with van der Waals surface area (Å²) in [6, 6.07) is 9.11. The monoisotopic (exact) mass is 390 g/mol. The molecule has 27 heavy (non-hydrogen) atoms. The van der Waals surface area contributed by atoms with Gasteiger partial charge < -0.3 is 24.4 Å². The number of thiophene rings is 1. The normalized spacial score (nSPS) is 21.6. The summed E-state index contributed by atoms with van der Waals surface area (Å²) >= 11 is 1.73. The van der Waals surface area contributed by atoms with Crippen LogP contribution in [0.25, 0.3) is 10.6 Å². The lowest BCUT2D eigenvalue weighted by Gasteiger charge is -2.31. The van der Waals surface area contributed by atoms with E-state index in [1.165, 1.54) is 37.4 Å². The Hall–Kier alpha value is -2.58. The molecule has 2 bridgehead atoms. The third kappa shape index (κ3) is 5.21. The van der Waals surface area contributed by atoms with E-state index in [0.29, 0.717) is 18.2 Å². The molecule has 3 aliphatic heterocycles. The first-order valence-electron chi connectivity index (χ1n) is 8.79. The molecule has 5 heterocycles. The molecule has 0 spiro atoms. The van der Waals surface area contributed by atoms with Crippen LogP contribution in [0.2, 0.25) is 0 Å². The van der Waals surface area contributed by atoms with Gasteiger partial charge in [-0.25, -0.2) is 9.59 Å². The number of anilines is 1. The van der Waals surface area contributed by atoms with Gasteiger partial charge in [-0.05, 0) is 30.4 Å². The highest BCUT2D eigenvalue weighted by Gasteiger charge is 2.30. The van der Waals surface area contributed by atoms with Gasteiger partial charge in [0.25, 0.3) is 0 Å². The Labute approximate surface area is 161 Å². The maximum atomic E-state index is 9.55. The standard InChI is InChI=1S/C15H18N2OS.C4H4O4/c1-2-14(19-11-1)13-3-4-15(18-13)17-10-9-16-7-5-12(17)6-8-16;5-3(6)1-2-4(7)8/h1-4,11-12H,5-10H2;1-2H,(H,5,6)(H,7,8)/b;2-1+. The van der Waals surface area contributed by atoms with Crippen LogP contribution in [-0.2, 0) is 9.59 Å². The van der Waals surface area contributed by atoms with Crippen molar-refractivity contribution in [2.45, 2.75) is 18.9 Å². The number of piperidine rings is 1. The lowest BCUT2D eigenvalue weighted by molar-refractivity contribution is -0.134. The second-order valence-electron chi connectivity index (χ2n) is 6.39. The first kappa shape index (κ1) is 19.2. The largest absolute Gasteiger partial charge is 0.478 e. The predicted molar refractivity (Wildman–Crippen MR) is 103 cm³/mol. The predicted octanol–water partition coefficient (Wildman–Crippen LogP) is 3.00. The molecular formula is C19H22N2O5S. The topological polar surface area (TPSA) is 94.2 Å². The zero-order valence-electron chi connectivity index (χ0n) is 14.8. The van der Waals surface area contributed by atoms with Crippen LogP contribution in [0, 0.1) is 0 Å². The number of fused-ring (bicyclic) bond motifs is 4. The van der Waals surface area contributed by atoms with E-state index in [9.17, 15) is 9.59 Å². The fraction of sp³-hybridized carbons (Fsp3) is 0.368. The highest BCUT2D eigenvalue weighted by atomic mass is 32.1. The first-order valence-corrected chi connectivity index (χ1v) is 9.67. The van der Waals surface area contributed by atoms with E-state index in [1.54, 1.807) is 11.3 Å². The summed E-state index contributed by atoms with van der Waals surface area (Å²) < 4.78 is 6.09. The van der Waals surface area contributed by atoms with Crippen molar-refractivity contribution in [3.63, 3.8) is 0 Å². The number of nitrogens with zero attached hydrogens (tertiary/aromatic N) is 2. The van der Waals surface area contributed by atoms with Crippen LogP contribution in [0.3, 0.4) is 0 Å². The molecule has 0 aromatic carbocycles. The SMILES string of the molecule is O=C(O)/C=C/C(=O)O.c1csc(-c2ccc(N3CCN4CCC3CC4)o2)c1. The van der Waals surface area contributed by atoms with E-state index in [4.69, 9.17) is 14.6 Å². The summed E-state index contributed by atoms with van der Waals surface area (Å²) in [5.74, 6) is -0.457. The molecule has 3 saturated heterocycles. The summed E-state index contributed by atoms with van der Waals surface area (Å²) in [5, 5.41) is 17.7. The molecule has 2 N–H and O–H groups in total. The Bertz CT molecular complexity index is 775. The summed E-state index contributed by atoms with van der Waals surface area (Å²) in [6.07, 6.45) is 3.66. The molecule has 3 aliphatic rings. The summed E-state index contributed by atoms with van der Waals surface area (Å²) in [7, 11) is 0. The van der Waals surface area contributed by atoms with Crippen molar-refractivity contribution in [2.75, 3.05) is 31.1 Å². The molecule has 5 rings (SSSR count). The maximum Gasteiger partial charge on any atom is 0.328 e. The maximum absolute atomic E-state index is 9.55. The molecule has 0 amide bonds. The number of carboxylic acid groups (broad SMARTS) is 2. The lowest BCUT2D eigenvalue weighted by Crippen LogP contribution is -2.37. The van der Waals surface area contributed by atoms with Crippen LogP contribution >= 0.6 is 11.3 Å². The highest BCUT2D eigenvalue weighted by molar-refractivity contribution is 7.13. The van der Waals surface area contributed by atoms with Gasteiger partial charge in [0, 0.05) is 50.4 Å². The van der Waals surface area contributed by atoms with E-state index < -0.39 is 11.9 Å². The van der Waals surface area contributed by atoms with Gasteiger partial charge in [-0.15, -0.1) is 11.3 Å². The second kappa shape index (κ2) is 8.88. The molecule has 3 fully saturated rings. The fourth-order valence-corrected chi connectivity index (χ4v) is 4.04. The zero-order chi connectivity index (χ0) is 19.2. The van der Waals surface area contributed by atoms with Crippen molar-refractivity contribution >= 4 is 29.2 Å². The minimum atomic E-state index is -1.26.